The molecule has 0 aliphatic heterocycles. The maximum Gasteiger partial charge on any atom is 0.150 e. The zero-order chi connectivity index (χ0) is 21.8. The Balaban J connectivity index is 1.82. The number of hydrogen-bond donors (Lipinski definition) is 0. The van der Waals surface area contributed by atoms with E-state index in [2.05, 4.69) is 72.8 Å². The van der Waals surface area contributed by atoms with Crippen molar-refractivity contribution in [3.8, 4) is 11.3 Å². The molecule has 0 aliphatic carbocycles. The van der Waals surface area contributed by atoms with Gasteiger partial charge in [0.1, 0.15) is 5.54 Å². The Bertz CT molecular complexity index is 1230. The van der Waals surface area contributed by atoms with Crippen molar-refractivity contribution in [3.05, 3.63) is 150 Å². The lowest BCUT2D eigenvalue weighted by Crippen LogP contribution is -2.38. The van der Waals surface area contributed by atoms with Gasteiger partial charge in [-0.05, 0) is 22.8 Å². The standard InChI is InChI=1S/C29H22N2O/c32-22-23-12-10-11-19-27(23)28-20-21-31(30-28)29(24-13-4-1-5-14-24,25-15-6-2-7-16-25)26-17-8-3-9-18-26/h1-22H. The minimum Gasteiger partial charge on any atom is -0.298 e. The lowest BCUT2D eigenvalue weighted by molar-refractivity contribution is 0.112. The van der Waals surface area contributed by atoms with Crippen LogP contribution in [-0.4, -0.2) is 16.1 Å². The first-order valence-corrected chi connectivity index (χ1v) is 10.6. The molecule has 0 fully saturated rings. The molecule has 0 spiro atoms. The van der Waals surface area contributed by atoms with Gasteiger partial charge in [-0.2, -0.15) is 5.10 Å². The first-order chi connectivity index (χ1) is 15.8. The molecule has 32 heavy (non-hydrogen) atoms. The molecule has 0 atom stereocenters. The first-order valence-electron chi connectivity index (χ1n) is 10.6. The van der Waals surface area contributed by atoms with E-state index < -0.39 is 5.54 Å². The van der Waals surface area contributed by atoms with E-state index in [1.54, 1.807) is 0 Å². The normalized spacial score (nSPS) is 11.2. The van der Waals surface area contributed by atoms with Crippen LogP contribution in [-0.2, 0) is 5.54 Å². The Morgan fingerprint density at radius 1 is 0.594 bits per heavy atom. The number of nitrogens with zero attached hydrogens (tertiary/aromatic N) is 2. The van der Waals surface area contributed by atoms with Crippen LogP contribution in [0.25, 0.3) is 11.3 Å². The monoisotopic (exact) mass is 414 g/mol. The number of aromatic nitrogens is 2. The Hall–Kier alpha value is -4.24. The lowest BCUT2D eigenvalue weighted by atomic mass is 9.77. The van der Waals surface area contributed by atoms with Crippen molar-refractivity contribution in [2.45, 2.75) is 5.54 Å². The van der Waals surface area contributed by atoms with E-state index in [4.69, 9.17) is 5.10 Å². The summed E-state index contributed by atoms with van der Waals surface area (Å²) in [6, 6.07) is 40.8. The highest BCUT2D eigenvalue weighted by atomic mass is 16.1. The van der Waals surface area contributed by atoms with Crippen LogP contribution < -0.4 is 0 Å². The molecule has 3 heteroatoms. The van der Waals surface area contributed by atoms with Crippen LogP contribution in [0, 0.1) is 0 Å². The highest BCUT2D eigenvalue weighted by molar-refractivity contribution is 5.86. The molecule has 0 saturated heterocycles. The van der Waals surface area contributed by atoms with Gasteiger partial charge in [-0.3, -0.25) is 9.48 Å². The second-order valence-corrected chi connectivity index (χ2v) is 7.66. The zero-order valence-corrected chi connectivity index (χ0v) is 17.5. The van der Waals surface area contributed by atoms with Gasteiger partial charge >= 0.3 is 0 Å². The molecule has 5 aromatic rings. The predicted molar refractivity (Wildman–Crippen MR) is 128 cm³/mol. The van der Waals surface area contributed by atoms with Crippen LogP contribution >= 0.6 is 0 Å². The Morgan fingerprint density at radius 2 is 1.06 bits per heavy atom. The molecule has 0 aliphatic rings. The summed E-state index contributed by atoms with van der Waals surface area (Å²) in [7, 11) is 0. The second-order valence-electron chi connectivity index (χ2n) is 7.66. The van der Waals surface area contributed by atoms with E-state index in [9.17, 15) is 4.79 Å². The van der Waals surface area contributed by atoms with Crippen LogP contribution in [0.1, 0.15) is 27.0 Å². The molecule has 1 heterocycles. The highest BCUT2D eigenvalue weighted by Gasteiger charge is 2.39. The van der Waals surface area contributed by atoms with Gasteiger partial charge in [0.15, 0.2) is 6.29 Å². The van der Waals surface area contributed by atoms with Gasteiger partial charge in [0.05, 0.1) is 5.69 Å². The lowest BCUT2D eigenvalue weighted by Gasteiger charge is -2.36. The molecule has 0 saturated carbocycles. The summed E-state index contributed by atoms with van der Waals surface area (Å²) in [6.45, 7) is 0. The van der Waals surface area contributed by atoms with Crippen LogP contribution in [0.15, 0.2) is 128 Å². The quantitative estimate of drug-likeness (QED) is 0.245. The average molecular weight is 415 g/mol. The maximum atomic E-state index is 11.6. The zero-order valence-electron chi connectivity index (χ0n) is 17.5. The average Bonchev–Trinajstić information content (AvgIpc) is 3.37. The minimum atomic E-state index is -0.668. The highest BCUT2D eigenvalue weighted by Crippen LogP contribution is 2.40. The van der Waals surface area contributed by atoms with Gasteiger partial charge in [0, 0.05) is 17.3 Å². The summed E-state index contributed by atoms with van der Waals surface area (Å²) in [6.07, 6.45) is 2.89. The van der Waals surface area contributed by atoms with Crippen LogP contribution in [0.4, 0.5) is 0 Å². The molecule has 0 unspecified atom stereocenters. The van der Waals surface area contributed by atoms with E-state index >= 15 is 0 Å². The molecule has 0 N–H and O–H groups in total. The fourth-order valence-electron chi connectivity index (χ4n) is 4.42. The van der Waals surface area contributed by atoms with Crippen LogP contribution in [0.2, 0.25) is 0 Å². The van der Waals surface area contributed by atoms with Gasteiger partial charge in [-0.1, -0.05) is 115 Å². The van der Waals surface area contributed by atoms with Crippen molar-refractivity contribution in [1.82, 2.24) is 9.78 Å². The molecule has 3 nitrogen and oxygen atoms in total. The summed E-state index contributed by atoms with van der Waals surface area (Å²) >= 11 is 0. The third kappa shape index (κ3) is 3.25. The van der Waals surface area contributed by atoms with E-state index in [-0.39, 0.29) is 0 Å². The van der Waals surface area contributed by atoms with Gasteiger partial charge < -0.3 is 0 Å². The summed E-state index contributed by atoms with van der Waals surface area (Å²) in [5, 5.41) is 5.05. The number of rotatable bonds is 6. The topological polar surface area (TPSA) is 34.9 Å². The first kappa shape index (κ1) is 19.7. The number of benzene rings is 4. The second kappa shape index (κ2) is 8.48. The molecule has 4 aromatic carbocycles. The molecular weight excluding hydrogens is 392 g/mol. The van der Waals surface area contributed by atoms with Crippen molar-refractivity contribution in [3.63, 3.8) is 0 Å². The molecule has 0 radical (unpaired) electrons. The molecule has 0 bridgehead atoms. The Morgan fingerprint density at radius 3 is 1.56 bits per heavy atom. The van der Waals surface area contributed by atoms with Gasteiger partial charge in [-0.25, -0.2) is 0 Å². The number of carbonyl (C=O) groups excluding carboxylic acids is 1. The summed E-state index contributed by atoms with van der Waals surface area (Å²) in [4.78, 5) is 11.6. The van der Waals surface area contributed by atoms with Crippen molar-refractivity contribution < 1.29 is 4.79 Å². The maximum absolute atomic E-state index is 11.6. The molecule has 5 rings (SSSR count). The molecule has 1 aromatic heterocycles. The smallest absolute Gasteiger partial charge is 0.150 e. The van der Waals surface area contributed by atoms with Crippen molar-refractivity contribution in [1.29, 1.82) is 0 Å². The van der Waals surface area contributed by atoms with Gasteiger partial charge in [0.25, 0.3) is 0 Å². The molecule has 154 valence electrons. The van der Waals surface area contributed by atoms with E-state index in [1.165, 1.54) is 0 Å². The van der Waals surface area contributed by atoms with Crippen molar-refractivity contribution in [2.75, 3.05) is 0 Å². The summed E-state index contributed by atoms with van der Waals surface area (Å²) in [5.41, 5.74) is 4.87. The summed E-state index contributed by atoms with van der Waals surface area (Å²) < 4.78 is 2.02. The Labute approximate surface area is 187 Å². The minimum absolute atomic E-state index is 0.627. The number of carbonyl (C=O) groups is 1. The van der Waals surface area contributed by atoms with Gasteiger partial charge in [0.2, 0.25) is 0 Å². The third-order valence-electron chi connectivity index (χ3n) is 5.87. The summed E-state index contributed by atoms with van der Waals surface area (Å²) in [5.74, 6) is 0. The van der Waals surface area contributed by atoms with E-state index in [0.29, 0.717) is 5.56 Å². The molecule has 0 amide bonds. The Kier molecular flexibility index (Phi) is 5.22. The van der Waals surface area contributed by atoms with Crippen LogP contribution in [0.3, 0.4) is 0 Å². The SMILES string of the molecule is O=Cc1ccccc1-c1ccn(C(c2ccccc2)(c2ccccc2)c2ccccc2)n1. The number of aldehydes is 1. The largest absolute Gasteiger partial charge is 0.298 e. The fourth-order valence-corrected chi connectivity index (χ4v) is 4.42. The molecular formula is C29H22N2O. The van der Waals surface area contributed by atoms with Crippen molar-refractivity contribution in [2.24, 2.45) is 0 Å². The third-order valence-corrected chi connectivity index (χ3v) is 5.87. The van der Waals surface area contributed by atoms with Gasteiger partial charge in [-0.15, -0.1) is 0 Å². The van der Waals surface area contributed by atoms with Crippen LogP contribution in [0.5, 0.6) is 0 Å². The number of hydrogen-bond acceptors (Lipinski definition) is 2. The van der Waals surface area contributed by atoms with Crippen molar-refractivity contribution >= 4 is 6.29 Å². The van der Waals surface area contributed by atoms with E-state index in [1.807, 2.05) is 59.4 Å². The van der Waals surface area contributed by atoms with E-state index in [0.717, 1.165) is 34.2 Å². The predicted octanol–water partition coefficient (Wildman–Crippen LogP) is 6.20. The fraction of sp³-hybridized carbons (Fsp3) is 0.0345.